The lowest BCUT2D eigenvalue weighted by atomic mass is 9.94. The smallest absolute Gasteiger partial charge is 0.251 e. The molecule has 1 aromatic carbocycles. The van der Waals surface area contributed by atoms with Crippen molar-refractivity contribution in [1.82, 2.24) is 5.32 Å². The zero-order valence-electron chi connectivity index (χ0n) is 12.0. The molecular formula is C17H14FNO2S2. The van der Waals surface area contributed by atoms with Crippen LogP contribution in [0.4, 0.5) is 4.39 Å². The van der Waals surface area contributed by atoms with Gasteiger partial charge in [0.05, 0.1) is 6.54 Å². The number of thiophene rings is 2. The Bertz CT molecular complexity index is 751. The second-order valence-electron chi connectivity index (χ2n) is 5.04. The van der Waals surface area contributed by atoms with E-state index in [1.165, 1.54) is 46.9 Å². The minimum Gasteiger partial charge on any atom is -0.378 e. The Morgan fingerprint density at radius 2 is 2.09 bits per heavy atom. The number of benzene rings is 1. The zero-order chi connectivity index (χ0) is 16.3. The van der Waals surface area contributed by atoms with Gasteiger partial charge in [-0.2, -0.15) is 11.3 Å². The van der Waals surface area contributed by atoms with Crippen molar-refractivity contribution in [2.75, 3.05) is 6.54 Å². The van der Waals surface area contributed by atoms with E-state index in [1.807, 2.05) is 34.3 Å². The standard InChI is InChI=1S/C17H14FNO2S2/c18-14-4-1-3-12(9-14)16(20)19-11-17(21,13-6-8-22-10-13)15-5-2-7-23-15/h1-10,21H,11H2,(H,19,20). The van der Waals surface area contributed by atoms with Crippen molar-refractivity contribution in [2.45, 2.75) is 5.60 Å². The van der Waals surface area contributed by atoms with Crippen molar-refractivity contribution in [3.63, 3.8) is 0 Å². The lowest BCUT2D eigenvalue weighted by Gasteiger charge is -2.27. The Kier molecular flexibility index (Phi) is 4.56. The molecule has 3 nitrogen and oxygen atoms in total. The minimum atomic E-state index is -1.29. The third-order valence-electron chi connectivity index (χ3n) is 3.52. The van der Waals surface area contributed by atoms with Gasteiger partial charge in [0.2, 0.25) is 0 Å². The molecule has 118 valence electrons. The Morgan fingerprint density at radius 3 is 2.74 bits per heavy atom. The number of hydrogen-bond donors (Lipinski definition) is 2. The largest absolute Gasteiger partial charge is 0.378 e. The average molecular weight is 347 g/mol. The van der Waals surface area contributed by atoms with Crippen LogP contribution in [-0.4, -0.2) is 17.6 Å². The van der Waals surface area contributed by atoms with Gasteiger partial charge in [-0.15, -0.1) is 11.3 Å². The fraction of sp³-hybridized carbons (Fsp3) is 0.118. The summed E-state index contributed by atoms with van der Waals surface area (Å²) in [6.07, 6.45) is 0. The van der Waals surface area contributed by atoms with E-state index in [-0.39, 0.29) is 12.1 Å². The van der Waals surface area contributed by atoms with Gasteiger partial charge in [0.15, 0.2) is 0 Å². The first-order valence-corrected chi connectivity index (χ1v) is 8.74. The quantitative estimate of drug-likeness (QED) is 0.741. The average Bonchev–Trinajstić information content (AvgIpc) is 3.25. The summed E-state index contributed by atoms with van der Waals surface area (Å²) in [5, 5.41) is 19.4. The molecule has 0 spiro atoms. The fourth-order valence-electron chi connectivity index (χ4n) is 2.29. The van der Waals surface area contributed by atoms with Gasteiger partial charge in [-0.05, 0) is 46.5 Å². The van der Waals surface area contributed by atoms with Crippen LogP contribution in [0.25, 0.3) is 0 Å². The molecule has 0 bridgehead atoms. The minimum absolute atomic E-state index is 0.0135. The zero-order valence-corrected chi connectivity index (χ0v) is 13.7. The number of amides is 1. The van der Waals surface area contributed by atoms with Crippen LogP contribution in [0.5, 0.6) is 0 Å². The summed E-state index contributed by atoms with van der Waals surface area (Å²) in [7, 11) is 0. The summed E-state index contributed by atoms with van der Waals surface area (Å²) < 4.78 is 13.2. The molecule has 3 aromatic rings. The molecule has 0 aliphatic heterocycles. The van der Waals surface area contributed by atoms with E-state index in [1.54, 1.807) is 0 Å². The molecule has 0 radical (unpaired) electrons. The molecular weight excluding hydrogens is 333 g/mol. The van der Waals surface area contributed by atoms with Crippen LogP contribution in [-0.2, 0) is 5.60 Å². The molecule has 6 heteroatoms. The van der Waals surface area contributed by atoms with E-state index < -0.39 is 17.3 Å². The molecule has 2 aromatic heterocycles. The van der Waals surface area contributed by atoms with Crippen LogP contribution >= 0.6 is 22.7 Å². The summed E-state index contributed by atoms with van der Waals surface area (Å²) in [6.45, 7) is 0.0135. The number of aliphatic hydroxyl groups is 1. The molecule has 1 amide bonds. The molecule has 2 N–H and O–H groups in total. The SMILES string of the molecule is O=C(NCC(O)(c1ccsc1)c1cccs1)c1cccc(F)c1. The van der Waals surface area contributed by atoms with E-state index in [0.29, 0.717) is 0 Å². The van der Waals surface area contributed by atoms with Crippen LogP contribution in [0.2, 0.25) is 0 Å². The molecule has 0 saturated carbocycles. The first-order chi connectivity index (χ1) is 11.1. The monoisotopic (exact) mass is 347 g/mol. The molecule has 0 aliphatic carbocycles. The van der Waals surface area contributed by atoms with Crippen molar-refractivity contribution in [3.8, 4) is 0 Å². The number of carbonyl (C=O) groups excluding carboxylic acids is 1. The summed E-state index contributed by atoms with van der Waals surface area (Å²) in [5.41, 5.74) is -0.342. The van der Waals surface area contributed by atoms with Gasteiger partial charge in [0, 0.05) is 16.0 Å². The summed E-state index contributed by atoms with van der Waals surface area (Å²) >= 11 is 2.90. The van der Waals surface area contributed by atoms with E-state index in [9.17, 15) is 14.3 Å². The third kappa shape index (κ3) is 3.34. The lowest BCUT2D eigenvalue weighted by molar-refractivity contribution is 0.0720. The maximum Gasteiger partial charge on any atom is 0.251 e. The summed E-state index contributed by atoms with van der Waals surface area (Å²) in [5.74, 6) is -0.890. The maximum atomic E-state index is 13.2. The van der Waals surface area contributed by atoms with Crippen LogP contribution < -0.4 is 5.32 Å². The first kappa shape index (κ1) is 15.9. The highest BCUT2D eigenvalue weighted by Crippen LogP contribution is 2.33. The van der Waals surface area contributed by atoms with Crippen molar-refractivity contribution < 1.29 is 14.3 Å². The molecule has 0 saturated heterocycles. The normalized spacial score (nSPS) is 13.5. The predicted octanol–water partition coefficient (Wildman–Crippen LogP) is 3.61. The maximum absolute atomic E-state index is 13.2. The van der Waals surface area contributed by atoms with Crippen LogP contribution in [0.1, 0.15) is 20.8 Å². The number of hydrogen-bond acceptors (Lipinski definition) is 4. The van der Waals surface area contributed by atoms with Crippen LogP contribution in [0, 0.1) is 5.82 Å². The topological polar surface area (TPSA) is 49.3 Å². The molecule has 3 rings (SSSR count). The van der Waals surface area contributed by atoms with Crippen LogP contribution in [0.3, 0.4) is 0 Å². The molecule has 2 heterocycles. The van der Waals surface area contributed by atoms with Crippen molar-refractivity contribution in [2.24, 2.45) is 0 Å². The fourth-order valence-corrected chi connectivity index (χ4v) is 3.85. The molecule has 0 aliphatic rings. The van der Waals surface area contributed by atoms with Crippen LogP contribution in [0.15, 0.2) is 58.6 Å². The van der Waals surface area contributed by atoms with E-state index in [0.717, 1.165) is 10.4 Å². The van der Waals surface area contributed by atoms with Gasteiger partial charge < -0.3 is 10.4 Å². The van der Waals surface area contributed by atoms with Gasteiger partial charge in [-0.25, -0.2) is 4.39 Å². The van der Waals surface area contributed by atoms with E-state index in [2.05, 4.69) is 5.32 Å². The number of halogens is 1. The van der Waals surface area contributed by atoms with Gasteiger partial charge in [-0.3, -0.25) is 4.79 Å². The van der Waals surface area contributed by atoms with E-state index >= 15 is 0 Å². The van der Waals surface area contributed by atoms with Gasteiger partial charge in [0.1, 0.15) is 11.4 Å². The predicted molar refractivity (Wildman–Crippen MR) is 90.4 cm³/mol. The molecule has 0 fully saturated rings. The highest BCUT2D eigenvalue weighted by atomic mass is 32.1. The number of rotatable bonds is 5. The lowest BCUT2D eigenvalue weighted by Crippen LogP contribution is -2.41. The summed E-state index contributed by atoms with van der Waals surface area (Å²) in [4.78, 5) is 12.9. The summed E-state index contributed by atoms with van der Waals surface area (Å²) in [6, 6.07) is 11.0. The Morgan fingerprint density at radius 1 is 1.22 bits per heavy atom. The number of carbonyl (C=O) groups is 1. The first-order valence-electron chi connectivity index (χ1n) is 6.92. The number of nitrogens with one attached hydrogen (secondary N) is 1. The highest BCUT2D eigenvalue weighted by Gasteiger charge is 2.33. The molecule has 1 unspecified atom stereocenters. The Balaban J connectivity index is 1.82. The van der Waals surface area contributed by atoms with Gasteiger partial charge >= 0.3 is 0 Å². The Labute approximate surface area is 141 Å². The second kappa shape index (κ2) is 6.62. The Hall–Kier alpha value is -2.02. The molecule has 23 heavy (non-hydrogen) atoms. The molecule has 1 atom stereocenters. The highest BCUT2D eigenvalue weighted by molar-refractivity contribution is 7.10. The second-order valence-corrected chi connectivity index (χ2v) is 6.77. The van der Waals surface area contributed by atoms with E-state index in [4.69, 9.17) is 0 Å². The van der Waals surface area contributed by atoms with Gasteiger partial charge in [0.25, 0.3) is 5.91 Å². The van der Waals surface area contributed by atoms with Crippen molar-refractivity contribution in [3.05, 3.63) is 80.4 Å². The van der Waals surface area contributed by atoms with Gasteiger partial charge in [-0.1, -0.05) is 12.1 Å². The van der Waals surface area contributed by atoms with Crippen molar-refractivity contribution in [1.29, 1.82) is 0 Å². The third-order valence-corrected chi connectivity index (χ3v) is 5.22. The van der Waals surface area contributed by atoms with Crippen molar-refractivity contribution >= 4 is 28.6 Å².